The molecule has 0 aliphatic heterocycles. The number of hydrogen-bond acceptors (Lipinski definition) is 8. The largest absolute Gasteiger partial charge is 0.493 e. The van der Waals surface area contributed by atoms with Crippen LogP contribution in [0.4, 0.5) is 0 Å². The molecule has 4 aromatic rings. The summed E-state index contributed by atoms with van der Waals surface area (Å²) in [5.41, 5.74) is 2.54. The van der Waals surface area contributed by atoms with Crippen LogP contribution < -0.4 is 19.5 Å². The molecule has 1 unspecified atom stereocenters. The second-order valence-corrected chi connectivity index (χ2v) is 8.09. The zero-order valence-electron chi connectivity index (χ0n) is 18.6. The van der Waals surface area contributed by atoms with Crippen molar-refractivity contribution < 1.29 is 19.0 Å². The first kappa shape index (κ1) is 22.3. The van der Waals surface area contributed by atoms with Gasteiger partial charge in [0, 0.05) is 16.0 Å². The average Bonchev–Trinajstić information content (AvgIpc) is 3.57. The summed E-state index contributed by atoms with van der Waals surface area (Å²) in [6.07, 6.45) is 1.47. The van der Waals surface area contributed by atoms with Crippen LogP contribution in [0, 0.1) is 0 Å². The van der Waals surface area contributed by atoms with Gasteiger partial charge in [-0.05, 0) is 64.7 Å². The molecule has 2 aromatic heterocycles. The first-order valence-corrected chi connectivity index (χ1v) is 11.0. The SMILES string of the molecule is COc1ccc(-c2cc(C(=O)NC(C)c3cccs3)cc(-n3cnnn3)c2)c(OC)c1OC. The fourth-order valence-corrected chi connectivity index (χ4v) is 4.26. The first-order chi connectivity index (χ1) is 16.0. The van der Waals surface area contributed by atoms with Crippen LogP contribution in [0.1, 0.15) is 28.2 Å². The minimum Gasteiger partial charge on any atom is -0.493 e. The third-order valence-corrected chi connectivity index (χ3v) is 6.18. The van der Waals surface area contributed by atoms with E-state index in [0.29, 0.717) is 28.5 Å². The number of aromatic nitrogens is 4. The Hall–Kier alpha value is -3.92. The van der Waals surface area contributed by atoms with Gasteiger partial charge in [0.2, 0.25) is 5.75 Å². The molecule has 10 heteroatoms. The quantitative estimate of drug-likeness (QED) is 0.421. The van der Waals surface area contributed by atoms with Crippen molar-refractivity contribution >= 4 is 17.2 Å². The Kier molecular flexibility index (Phi) is 6.55. The van der Waals surface area contributed by atoms with Crippen molar-refractivity contribution in [3.63, 3.8) is 0 Å². The minimum atomic E-state index is -0.216. The number of rotatable bonds is 8. The molecule has 0 saturated heterocycles. The number of carbonyl (C=O) groups excluding carboxylic acids is 1. The molecule has 2 aromatic carbocycles. The number of methoxy groups -OCH3 is 3. The molecule has 1 atom stereocenters. The van der Waals surface area contributed by atoms with Gasteiger partial charge < -0.3 is 19.5 Å². The van der Waals surface area contributed by atoms with E-state index in [-0.39, 0.29) is 11.9 Å². The fraction of sp³-hybridized carbons (Fsp3) is 0.217. The van der Waals surface area contributed by atoms with Gasteiger partial charge in [-0.2, -0.15) is 0 Å². The summed E-state index contributed by atoms with van der Waals surface area (Å²) in [4.78, 5) is 14.3. The molecule has 1 N–H and O–H groups in total. The van der Waals surface area contributed by atoms with E-state index in [1.807, 2.05) is 36.6 Å². The molecule has 0 aliphatic carbocycles. The summed E-state index contributed by atoms with van der Waals surface area (Å²) in [7, 11) is 4.67. The maximum absolute atomic E-state index is 13.2. The summed E-state index contributed by atoms with van der Waals surface area (Å²) in [5, 5.41) is 16.4. The van der Waals surface area contributed by atoms with Crippen molar-refractivity contribution in [2.45, 2.75) is 13.0 Å². The van der Waals surface area contributed by atoms with E-state index < -0.39 is 0 Å². The van der Waals surface area contributed by atoms with Gasteiger partial charge in [-0.25, -0.2) is 4.68 Å². The van der Waals surface area contributed by atoms with E-state index in [0.717, 1.165) is 16.0 Å². The highest BCUT2D eigenvalue weighted by molar-refractivity contribution is 7.10. The van der Waals surface area contributed by atoms with Gasteiger partial charge in [0.25, 0.3) is 5.91 Å². The van der Waals surface area contributed by atoms with Crippen molar-refractivity contribution in [2.75, 3.05) is 21.3 Å². The Labute approximate surface area is 194 Å². The van der Waals surface area contributed by atoms with Crippen molar-refractivity contribution in [1.29, 1.82) is 0 Å². The van der Waals surface area contributed by atoms with Gasteiger partial charge >= 0.3 is 0 Å². The third-order valence-electron chi connectivity index (χ3n) is 5.13. The molecule has 0 saturated carbocycles. The normalized spacial score (nSPS) is 11.6. The van der Waals surface area contributed by atoms with Crippen LogP contribution >= 0.6 is 11.3 Å². The second kappa shape index (κ2) is 9.70. The molecule has 170 valence electrons. The summed E-state index contributed by atoms with van der Waals surface area (Å²) in [6, 6.07) is 12.9. The summed E-state index contributed by atoms with van der Waals surface area (Å²) >= 11 is 1.59. The molecule has 0 spiro atoms. The summed E-state index contributed by atoms with van der Waals surface area (Å²) < 4.78 is 18.1. The Morgan fingerprint density at radius 1 is 1.06 bits per heavy atom. The molecule has 4 rings (SSSR count). The molecule has 1 amide bonds. The molecular weight excluding hydrogens is 442 g/mol. The number of tetrazole rings is 1. The molecule has 0 bridgehead atoms. The highest BCUT2D eigenvalue weighted by Crippen LogP contribution is 2.44. The lowest BCUT2D eigenvalue weighted by atomic mass is 9.99. The van der Waals surface area contributed by atoms with Crippen LogP contribution in [0.2, 0.25) is 0 Å². The van der Waals surface area contributed by atoms with Crippen LogP contribution in [0.25, 0.3) is 16.8 Å². The molecular formula is C23H23N5O4S. The number of carbonyl (C=O) groups is 1. The van der Waals surface area contributed by atoms with Gasteiger partial charge in [0.15, 0.2) is 11.5 Å². The number of nitrogens with zero attached hydrogens (tertiary/aromatic N) is 4. The van der Waals surface area contributed by atoms with E-state index >= 15 is 0 Å². The lowest BCUT2D eigenvalue weighted by molar-refractivity contribution is 0.0940. The van der Waals surface area contributed by atoms with Crippen molar-refractivity contribution in [3.8, 4) is 34.1 Å². The van der Waals surface area contributed by atoms with Gasteiger partial charge in [-0.3, -0.25) is 4.79 Å². The monoisotopic (exact) mass is 465 g/mol. The Morgan fingerprint density at radius 2 is 1.88 bits per heavy atom. The predicted molar refractivity (Wildman–Crippen MR) is 124 cm³/mol. The molecule has 2 heterocycles. The average molecular weight is 466 g/mol. The smallest absolute Gasteiger partial charge is 0.251 e. The van der Waals surface area contributed by atoms with E-state index in [4.69, 9.17) is 14.2 Å². The molecule has 0 fully saturated rings. The number of benzene rings is 2. The van der Waals surface area contributed by atoms with Gasteiger partial charge in [-0.15, -0.1) is 16.4 Å². The van der Waals surface area contributed by atoms with Crippen LogP contribution in [-0.2, 0) is 0 Å². The lowest BCUT2D eigenvalue weighted by Crippen LogP contribution is -2.26. The summed E-state index contributed by atoms with van der Waals surface area (Å²) in [5.74, 6) is 1.27. The standard InChI is InChI=1S/C23H23N5O4S/c1-14(20-6-5-9-33-20)25-23(29)16-10-15(11-17(12-16)28-13-24-26-27-28)18-7-8-19(30-2)22(32-4)21(18)31-3/h5-14H,1-4H3,(H,25,29). The molecule has 0 aliphatic rings. The van der Waals surface area contributed by atoms with E-state index in [2.05, 4.69) is 20.8 Å². The van der Waals surface area contributed by atoms with Gasteiger partial charge in [0.1, 0.15) is 6.33 Å². The highest BCUT2D eigenvalue weighted by Gasteiger charge is 2.20. The molecule has 0 radical (unpaired) electrons. The number of hydrogen-bond donors (Lipinski definition) is 1. The van der Waals surface area contributed by atoms with E-state index in [9.17, 15) is 4.79 Å². The number of amides is 1. The van der Waals surface area contributed by atoms with Crippen LogP contribution in [0.5, 0.6) is 17.2 Å². The predicted octanol–water partition coefficient (Wildman–Crippen LogP) is 3.91. The molecule has 9 nitrogen and oxygen atoms in total. The number of nitrogens with one attached hydrogen (secondary N) is 1. The third kappa shape index (κ3) is 4.51. The highest BCUT2D eigenvalue weighted by atomic mass is 32.1. The Bertz CT molecular complexity index is 1240. The number of thiophene rings is 1. The van der Waals surface area contributed by atoms with Gasteiger partial charge in [0.05, 0.1) is 33.1 Å². The van der Waals surface area contributed by atoms with Crippen molar-refractivity contribution in [3.05, 3.63) is 64.6 Å². The fourth-order valence-electron chi connectivity index (χ4n) is 3.53. The maximum Gasteiger partial charge on any atom is 0.251 e. The first-order valence-electron chi connectivity index (χ1n) is 10.1. The topological polar surface area (TPSA) is 100 Å². The zero-order chi connectivity index (χ0) is 23.4. The van der Waals surface area contributed by atoms with Crippen LogP contribution in [0.15, 0.2) is 54.2 Å². The minimum absolute atomic E-state index is 0.131. The van der Waals surface area contributed by atoms with Crippen LogP contribution in [0.3, 0.4) is 0 Å². The maximum atomic E-state index is 13.2. The zero-order valence-corrected chi connectivity index (χ0v) is 19.4. The second-order valence-electron chi connectivity index (χ2n) is 7.12. The van der Waals surface area contributed by atoms with E-state index in [1.165, 1.54) is 11.0 Å². The van der Waals surface area contributed by atoms with E-state index in [1.54, 1.807) is 50.9 Å². The Morgan fingerprint density at radius 3 is 2.52 bits per heavy atom. The van der Waals surface area contributed by atoms with Crippen molar-refractivity contribution in [1.82, 2.24) is 25.5 Å². The van der Waals surface area contributed by atoms with Crippen molar-refractivity contribution in [2.24, 2.45) is 0 Å². The summed E-state index contributed by atoms with van der Waals surface area (Å²) in [6.45, 7) is 1.95. The Balaban J connectivity index is 1.81. The lowest BCUT2D eigenvalue weighted by Gasteiger charge is -2.17. The van der Waals surface area contributed by atoms with Crippen LogP contribution in [-0.4, -0.2) is 47.4 Å². The van der Waals surface area contributed by atoms with Gasteiger partial charge in [-0.1, -0.05) is 6.07 Å². The number of ether oxygens (including phenoxy) is 3. The molecule has 33 heavy (non-hydrogen) atoms.